The largest absolute Gasteiger partial charge is 0.494 e. The number of nitrogens with one attached hydrogen (secondary N) is 2. The lowest BCUT2D eigenvalue weighted by Gasteiger charge is -2.11. The maximum absolute atomic E-state index is 9.26. The van der Waals surface area contributed by atoms with Crippen molar-refractivity contribution in [2.24, 2.45) is 0 Å². The van der Waals surface area contributed by atoms with E-state index in [0.29, 0.717) is 11.5 Å². The summed E-state index contributed by atoms with van der Waals surface area (Å²) in [5.74, 6) is 0.0436. The third-order valence-corrected chi connectivity index (χ3v) is 3.28. The van der Waals surface area contributed by atoms with E-state index in [1.54, 1.807) is 0 Å². The summed E-state index contributed by atoms with van der Waals surface area (Å²) >= 11 is 8.26. The Hall–Kier alpha value is -1.59. The van der Waals surface area contributed by atoms with Crippen LogP contribution in [0.4, 0.5) is 5.69 Å². The first-order chi connectivity index (χ1) is 10.2. The fraction of sp³-hybridized carbons (Fsp3) is 0.188. The van der Waals surface area contributed by atoms with Gasteiger partial charge in [0.05, 0.1) is 11.5 Å². The van der Waals surface area contributed by atoms with E-state index in [9.17, 15) is 5.11 Å². The van der Waals surface area contributed by atoms with Gasteiger partial charge < -0.3 is 15.7 Å². The summed E-state index contributed by atoms with van der Waals surface area (Å²) in [6.45, 7) is 4.37. The van der Waals surface area contributed by atoms with Crippen molar-refractivity contribution in [2.45, 2.75) is 13.8 Å². The minimum atomic E-state index is 0.0436. The van der Waals surface area contributed by atoms with Crippen molar-refractivity contribution in [3.05, 3.63) is 53.3 Å². The second-order valence-corrected chi connectivity index (χ2v) is 4.87. The molecule has 0 aliphatic rings. The van der Waals surface area contributed by atoms with Gasteiger partial charge in [0, 0.05) is 16.1 Å². The number of fused-ring (bicyclic) bond motifs is 1. The van der Waals surface area contributed by atoms with Crippen molar-refractivity contribution in [1.29, 1.82) is 0 Å². The molecule has 0 atom stereocenters. The van der Waals surface area contributed by atoms with Gasteiger partial charge in [-0.25, -0.2) is 0 Å². The van der Waals surface area contributed by atoms with E-state index in [0.717, 1.165) is 16.5 Å². The molecule has 0 heterocycles. The molecular weight excluding hydrogens is 348 g/mol. The predicted molar refractivity (Wildman–Crippen MR) is 99.2 cm³/mol. The van der Waals surface area contributed by atoms with Crippen molar-refractivity contribution < 1.29 is 5.11 Å². The van der Waals surface area contributed by atoms with E-state index in [1.807, 2.05) is 44.2 Å². The molecule has 2 aromatic rings. The Morgan fingerprint density at radius 1 is 1.19 bits per heavy atom. The average Bonchev–Trinajstić information content (AvgIpc) is 2.55. The quantitative estimate of drug-likeness (QED) is 0.529. The Morgan fingerprint density at radius 2 is 1.86 bits per heavy atom. The number of rotatable bonds is 4. The standard InChI is InChI=1S/C14H13BrN2OS.C2H6/c15-8-13(18)16-9-14(19)17-12-7-3-5-10-4-1-2-6-11(10)12;1-2/h1-8,16,18H,9H2,(H,17,19);1-2H3/b13-8-;. The number of anilines is 1. The first kappa shape index (κ1) is 17.5. The molecule has 112 valence electrons. The molecule has 0 saturated heterocycles. The van der Waals surface area contributed by atoms with E-state index in [-0.39, 0.29) is 5.88 Å². The fourth-order valence-electron chi connectivity index (χ4n) is 1.74. The predicted octanol–water partition coefficient (Wildman–Crippen LogP) is 4.95. The number of hydrogen-bond donors (Lipinski definition) is 3. The molecule has 3 nitrogen and oxygen atoms in total. The highest BCUT2D eigenvalue weighted by molar-refractivity contribution is 9.11. The molecule has 0 saturated carbocycles. The molecule has 0 amide bonds. The van der Waals surface area contributed by atoms with E-state index < -0.39 is 0 Å². The van der Waals surface area contributed by atoms with E-state index in [1.165, 1.54) is 4.99 Å². The van der Waals surface area contributed by atoms with Crippen LogP contribution < -0.4 is 10.6 Å². The second kappa shape index (κ2) is 9.37. The molecule has 2 rings (SSSR count). The van der Waals surface area contributed by atoms with Crippen molar-refractivity contribution in [2.75, 3.05) is 11.9 Å². The van der Waals surface area contributed by atoms with Gasteiger partial charge in [0.25, 0.3) is 0 Å². The van der Waals surface area contributed by atoms with Gasteiger partial charge in [-0.15, -0.1) is 0 Å². The van der Waals surface area contributed by atoms with Crippen molar-refractivity contribution in [1.82, 2.24) is 5.32 Å². The number of hydrogen-bond acceptors (Lipinski definition) is 3. The molecule has 0 unspecified atom stereocenters. The van der Waals surface area contributed by atoms with E-state index in [4.69, 9.17) is 12.2 Å². The summed E-state index contributed by atoms with van der Waals surface area (Å²) in [6.07, 6.45) is 0. The SMILES string of the molecule is CC.O/C(=C\Br)NCC(=S)Nc1cccc2ccccc12. The van der Waals surface area contributed by atoms with Crippen LogP contribution in [0.25, 0.3) is 10.8 Å². The zero-order valence-electron chi connectivity index (χ0n) is 12.1. The van der Waals surface area contributed by atoms with Crippen LogP contribution in [0.5, 0.6) is 0 Å². The molecule has 0 fully saturated rings. The second-order valence-electron chi connectivity index (χ2n) is 3.92. The fourth-order valence-corrected chi connectivity index (χ4v) is 2.08. The summed E-state index contributed by atoms with van der Waals surface area (Å²) in [5.41, 5.74) is 0.965. The summed E-state index contributed by atoms with van der Waals surface area (Å²) in [4.78, 5) is 2.00. The zero-order valence-corrected chi connectivity index (χ0v) is 14.5. The normalized spacial score (nSPS) is 10.5. The van der Waals surface area contributed by atoms with Crippen LogP contribution in [0.15, 0.2) is 53.3 Å². The number of benzene rings is 2. The highest BCUT2D eigenvalue weighted by Crippen LogP contribution is 2.22. The summed E-state index contributed by atoms with van der Waals surface area (Å²) in [6, 6.07) is 14.1. The topological polar surface area (TPSA) is 44.3 Å². The lowest BCUT2D eigenvalue weighted by atomic mass is 10.1. The monoisotopic (exact) mass is 366 g/mol. The number of halogens is 1. The maximum Gasteiger partial charge on any atom is 0.191 e. The Morgan fingerprint density at radius 3 is 2.57 bits per heavy atom. The van der Waals surface area contributed by atoms with Crippen molar-refractivity contribution in [3.8, 4) is 0 Å². The van der Waals surface area contributed by atoms with Crippen molar-refractivity contribution in [3.63, 3.8) is 0 Å². The maximum atomic E-state index is 9.26. The van der Waals surface area contributed by atoms with Gasteiger partial charge in [0.15, 0.2) is 5.88 Å². The molecule has 5 heteroatoms. The summed E-state index contributed by atoms with van der Waals surface area (Å²) in [7, 11) is 0. The Labute approximate surface area is 139 Å². The van der Waals surface area contributed by atoms with Crippen LogP contribution >= 0.6 is 28.1 Å². The highest BCUT2D eigenvalue weighted by atomic mass is 79.9. The summed E-state index contributed by atoms with van der Waals surface area (Å²) in [5, 5.41) is 17.5. The Kier molecular flexibility index (Phi) is 7.79. The zero-order chi connectivity index (χ0) is 15.7. The van der Waals surface area contributed by atoms with Gasteiger partial charge in [0.2, 0.25) is 0 Å². The molecule has 0 aliphatic heterocycles. The van der Waals surface area contributed by atoms with Crippen LogP contribution in [0.1, 0.15) is 13.8 Å². The van der Waals surface area contributed by atoms with Gasteiger partial charge in [-0.1, -0.05) is 78.4 Å². The number of aliphatic hydroxyl groups excluding tert-OH is 1. The third-order valence-electron chi connectivity index (χ3n) is 2.60. The van der Waals surface area contributed by atoms with Crippen LogP contribution in [0.2, 0.25) is 0 Å². The molecular formula is C16H19BrN2OS. The molecule has 0 aromatic heterocycles. The lowest BCUT2D eigenvalue weighted by Crippen LogP contribution is -2.26. The number of aliphatic hydroxyl groups is 1. The van der Waals surface area contributed by atoms with Gasteiger partial charge in [-0.05, 0) is 11.5 Å². The Balaban J connectivity index is 0.00000106. The molecule has 0 bridgehead atoms. The highest BCUT2D eigenvalue weighted by Gasteiger charge is 2.02. The molecule has 3 N–H and O–H groups in total. The van der Waals surface area contributed by atoms with Gasteiger partial charge in [-0.2, -0.15) is 0 Å². The van der Waals surface area contributed by atoms with Crippen LogP contribution in [0, 0.1) is 0 Å². The molecule has 2 aromatic carbocycles. The van der Waals surface area contributed by atoms with Crippen LogP contribution in [-0.4, -0.2) is 16.6 Å². The van der Waals surface area contributed by atoms with Crippen LogP contribution in [-0.2, 0) is 0 Å². The molecule has 0 aliphatic carbocycles. The first-order valence-corrected chi connectivity index (χ1v) is 8.04. The molecule has 0 spiro atoms. The Bertz CT molecular complexity index is 623. The first-order valence-electron chi connectivity index (χ1n) is 6.71. The minimum Gasteiger partial charge on any atom is -0.494 e. The molecule has 0 radical (unpaired) electrons. The lowest BCUT2D eigenvalue weighted by molar-refractivity contribution is 0.374. The molecule has 21 heavy (non-hydrogen) atoms. The third kappa shape index (κ3) is 5.36. The van der Waals surface area contributed by atoms with Gasteiger partial charge in [0.1, 0.15) is 0 Å². The smallest absolute Gasteiger partial charge is 0.191 e. The van der Waals surface area contributed by atoms with Gasteiger partial charge >= 0.3 is 0 Å². The average molecular weight is 367 g/mol. The van der Waals surface area contributed by atoms with E-state index >= 15 is 0 Å². The van der Waals surface area contributed by atoms with Crippen molar-refractivity contribution >= 4 is 49.6 Å². The van der Waals surface area contributed by atoms with Gasteiger partial charge in [-0.3, -0.25) is 0 Å². The number of thiocarbonyl (C=S) groups is 1. The van der Waals surface area contributed by atoms with Crippen LogP contribution in [0.3, 0.4) is 0 Å². The minimum absolute atomic E-state index is 0.0436. The summed E-state index contributed by atoms with van der Waals surface area (Å²) < 4.78 is 0. The van der Waals surface area contributed by atoms with E-state index in [2.05, 4.69) is 38.7 Å².